The molecule has 5 heteroatoms. The van der Waals surface area contributed by atoms with Crippen molar-refractivity contribution in [3.05, 3.63) is 17.7 Å². The van der Waals surface area contributed by atoms with Crippen LogP contribution in [0.5, 0.6) is 17.2 Å². The molecule has 0 amide bonds. The molecule has 0 aliphatic carbocycles. The number of methoxy groups -OCH3 is 1. The molecule has 2 aliphatic rings. The molecule has 1 atom stereocenters. The van der Waals surface area contributed by atoms with Gasteiger partial charge in [-0.1, -0.05) is 0 Å². The largest absolute Gasteiger partial charge is 0.493 e. The van der Waals surface area contributed by atoms with Crippen LogP contribution in [0.1, 0.15) is 24.5 Å². The number of carbonyl (C=O) groups excluding carboxylic acids is 1. The highest BCUT2D eigenvalue weighted by Crippen LogP contribution is 2.44. The zero-order valence-electron chi connectivity index (χ0n) is 9.39. The van der Waals surface area contributed by atoms with Crippen molar-refractivity contribution in [1.29, 1.82) is 0 Å². The third-order valence-electron chi connectivity index (χ3n) is 2.94. The third-order valence-corrected chi connectivity index (χ3v) is 2.94. The molecule has 1 aromatic carbocycles. The highest BCUT2D eigenvalue weighted by Gasteiger charge is 2.28. The van der Waals surface area contributed by atoms with E-state index in [1.807, 2.05) is 12.1 Å². The van der Waals surface area contributed by atoms with Crippen molar-refractivity contribution in [2.45, 2.75) is 18.9 Å². The number of fused-ring (bicyclic) bond motifs is 1. The fraction of sp³-hybridized carbons (Fsp3) is 0.417. The Kier molecular flexibility index (Phi) is 2.31. The van der Waals surface area contributed by atoms with Crippen LogP contribution < -0.4 is 14.2 Å². The maximum absolute atomic E-state index is 11.1. The zero-order valence-corrected chi connectivity index (χ0v) is 9.39. The summed E-state index contributed by atoms with van der Waals surface area (Å²) in [5.74, 6) is 1.70. The molecular weight excluding hydrogens is 224 g/mol. The molecule has 0 bridgehead atoms. The van der Waals surface area contributed by atoms with Crippen molar-refractivity contribution >= 4 is 5.97 Å². The summed E-state index contributed by atoms with van der Waals surface area (Å²) in [5, 5.41) is 0. The van der Waals surface area contributed by atoms with Gasteiger partial charge in [0.2, 0.25) is 12.5 Å². The second-order valence-corrected chi connectivity index (χ2v) is 3.97. The van der Waals surface area contributed by atoms with E-state index in [2.05, 4.69) is 0 Å². The summed E-state index contributed by atoms with van der Waals surface area (Å²) in [6, 6.07) is 3.67. The predicted molar refractivity (Wildman–Crippen MR) is 57.2 cm³/mol. The summed E-state index contributed by atoms with van der Waals surface area (Å²) >= 11 is 0. The Labute approximate surface area is 98.2 Å². The zero-order chi connectivity index (χ0) is 11.8. The highest BCUT2D eigenvalue weighted by atomic mass is 16.7. The van der Waals surface area contributed by atoms with Crippen LogP contribution in [0.4, 0.5) is 0 Å². The van der Waals surface area contributed by atoms with E-state index in [0.717, 1.165) is 5.56 Å². The first kappa shape index (κ1) is 10.3. The van der Waals surface area contributed by atoms with Gasteiger partial charge in [0.15, 0.2) is 11.5 Å². The molecule has 5 nitrogen and oxygen atoms in total. The number of esters is 1. The molecule has 1 saturated heterocycles. The summed E-state index contributed by atoms with van der Waals surface area (Å²) in [6.07, 6.45) is 0.953. The Hall–Kier alpha value is -1.91. The fourth-order valence-electron chi connectivity index (χ4n) is 2.10. The Morgan fingerprint density at radius 2 is 2.24 bits per heavy atom. The summed E-state index contributed by atoms with van der Waals surface area (Å²) in [4.78, 5) is 11.1. The lowest BCUT2D eigenvalue weighted by Gasteiger charge is -2.12. The summed E-state index contributed by atoms with van der Waals surface area (Å²) in [6.45, 7) is 0.194. The number of hydrogen-bond donors (Lipinski definition) is 0. The van der Waals surface area contributed by atoms with E-state index < -0.39 is 0 Å². The Morgan fingerprint density at radius 3 is 2.94 bits per heavy atom. The Morgan fingerprint density at radius 1 is 1.35 bits per heavy atom. The predicted octanol–water partition coefficient (Wildman–Crippen LogP) is 1.80. The van der Waals surface area contributed by atoms with Crippen molar-refractivity contribution in [3.8, 4) is 17.2 Å². The number of hydrogen-bond acceptors (Lipinski definition) is 5. The summed E-state index contributed by atoms with van der Waals surface area (Å²) in [5.41, 5.74) is 0.886. The van der Waals surface area contributed by atoms with Gasteiger partial charge in [-0.2, -0.15) is 0 Å². The van der Waals surface area contributed by atoms with Crippen LogP contribution in [0.25, 0.3) is 0 Å². The van der Waals surface area contributed by atoms with Gasteiger partial charge in [-0.25, -0.2) is 0 Å². The monoisotopic (exact) mass is 236 g/mol. The second kappa shape index (κ2) is 3.84. The van der Waals surface area contributed by atoms with E-state index in [9.17, 15) is 4.79 Å². The molecule has 1 unspecified atom stereocenters. The van der Waals surface area contributed by atoms with Crippen LogP contribution in [-0.2, 0) is 9.53 Å². The standard InChI is InChI=1S/C12H12O5/c1-14-9-4-7(8-2-3-11(13)17-8)5-10-12(9)16-6-15-10/h4-5,8H,2-3,6H2,1H3. The second-order valence-electron chi connectivity index (χ2n) is 3.97. The number of benzene rings is 1. The van der Waals surface area contributed by atoms with E-state index in [1.54, 1.807) is 7.11 Å². The lowest BCUT2D eigenvalue weighted by Crippen LogP contribution is -1.99. The number of carbonyl (C=O) groups is 1. The lowest BCUT2D eigenvalue weighted by molar-refractivity contribution is -0.141. The molecular formula is C12H12O5. The Balaban J connectivity index is 1.98. The first-order valence-electron chi connectivity index (χ1n) is 5.45. The number of ether oxygens (including phenoxy) is 4. The van der Waals surface area contributed by atoms with Crippen molar-refractivity contribution in [2.24, 2.45) is 0 Å². The average molecular weight is 236 g/mol. The minimum atomic E-state index is -0.203. The van der Waals surface area contributed by atoms with Gasteiger partial charge in [0.25, 0.3) is 0 Å². The van der Waals surface area contributed by atoms with Gasteiger partial charge in [0, 0.05) is 12.0 Å². The van der Waals surface area contributed by atoms with E-state index in [1.165, 1.54) is 0 Å². The van der Waals surface area contributed by atoms with Crippen molar-refractivity contribution in [1.82, 2.24) is 0 Å². The van der Waals surface area contributed by atoms with E-state index in [-0.39, 0.29) is 18.9 Å². The molecule has 1 aromatic rings. The molecule has 2 heterocycles. The molecule has 1 fully saturated rings. The van der Waals surface area contributed by atoms with Gasteiger partial charge >= 0.3 is 5.97 Å². The molecule has 90 valence electrons. The van der Waals surface area contributed by atoms with E-state index in [4.69, 9.17) is 18.9 Å². The molecule has 0 N–H and O–H groups in total. The topological polar surface area (TPSA) is 54.0 Å². The highest BCUT2D eigenvalue weighted by molar-refractivity contribution is 5.72. The number of rotatable bonds is 2. The summed E-state index contributed by atoms with van der Waals surface area (Å²) in [7, 11) is 1.57. The van der Waals surface area contributed by atoms with Crippen LogP contribution in [0.2, 0.25) is 0 Å². The molecule has 17 heavy (non-hydrogen) atoms. The molecule has 0 aromatic heterocycles. The average Bonchev–Trinajstić information content (AvgIpc) is 2.95. The van der Waals surface area contributed by atoms with Gasteiger partial charge in [0.1, 0.15) is 6.10 Å². The minimum Gasteiger partial charge on any atom is -0.493 e. The van der Waals surface area contributed by atoms with Gasteiger partial charge in [-0.15, -0.1) is 0 Å². The van der Waals surface area contributed by atoms with Crippen LogP contribution in [0.15, 0.2) is 12.1 Å². The van der Waals surface area contributed by atoms with Gasteiger partial charge < -0.3 is 18.9 Å². The quantitative estimate of drug-likeness (QED) is 0.733. The fourth-order valence-corrected chi connectivity index (χ4v) is 2.10. The van der Waals surface area contributed by atoms with Crippen LogP contribution in [0.3, 0.4) is 0 Å². The molecule has 0 saturated carbocycles. The van der Waals surface area contributed by atoms with Gasteiger partial charge in [-0.3, -0.25) is 4.79 Å². The first-order chi connectivity index (χ1) is 8.28. The first-order valence-corrected chi connectivity index (χ1v) is 5.45. The normalized spacial score (nSPS) is 21.5. The molecule has 0 radical (unpaired) electrons. The maximum Gasteiger partial charge on any atom is 0.306 e. The van der Waals surface area contributed by atoms with Crippen LogP contribution in [-0.4, -0.2) is 19.9 Å². The number of cyclic esters (lactones) is 1. The maximum atomic E-state index is 11.1. The Bertz CT molecular complexity index is 468. The van der Waals surface area contributed by atoms with Crippen LogP contribution >= 0.6 is 0 Å². The SMILES string of the molecule is COc1cc(C2CCC(=O)O2)cc2c1OCO2. The third kappa shape index (κ3) is 1.67. The van der Waals surface area contributed by atoms with Crippen molar-refractivity contribution < 1.29 is 23.7 Å². The van der Waals surface area contributed by atoms with E-state index in [0.29, 0.717) is 30.1 Å². The summed E-state index contributed by atoms with van der Waals surface area (Å²) < 4.78 is 21.1. The van der Waals surface area contributed by atoms with Gasteiger partial charge in [-0.05, 0) is 18.6 Å². The molecule has 0 spiro atoms. The minimum absolute atomic E-state index is 0.161. The van der Waals surface area contributed by atoms with E-state index >= 15 is 0 Å². The van der Waals surface area contributed by atoms with Crippen LogP contribution in [0, 0.1) is 0 Å². The van der Waals surface area contributed by atoms with Crippen molar-refractivity contribution in [3.63, 3.8) is 0 Å². The lowest BCUT2D eigenvalue weighted by atomic mass is 10.1. The smallest absolute Gasteiger partial charge is 0.306 e. The molecule has 3 rings (SSSR count). The van der Waals surface area contributed by atoms with Gasteiger partial charge in [0.05, 0.1) is 7.11 Å². The molecule has 2 aliphatic heterocycles. The van der Waals surface area contributed by atoms with Crippen molar-refractivity contribution in [2.75, 3.05) is 13.9 Å².